The number of carbonyl (C=O) groups excluding carboxylic acids is 2. The van der Waals surface area contributed by atoms with Crippen LogP contribution in [0.15, 0.2) is 84.9 Å². The highest BCUT2D eigenvalue weighted by Crippen LogP contribution is 2.43. The van der Waals surface area contributed by atoms with Crippen LogP contribution >= 0.6 is 0 Å². The molecule has 1 aliphatic carbocycles. The van der Waals surface area contributed by atoms with Gasteiger partial charge in [0.1, 0.15) is 5.75 Å². The van der Waals surface area contributed by atoms with Crippen molar-refractivity contribution in [2.24, 2.45) is 0 Å². The molecule has 5 rings (SSSR count). The van der Waals surface area contributed by atoms with E-state index in [1.807, 2.05) is 86.6 Å². The fourth-order valence-corrected chi connectivity index (χ4v) is 4.43. The molecule has 4 aromatic rings. The van der Waals surface area contributed by atoms with E-state index in [1.54, 1.807) is 6.07 Å². The normalized spacial score (nSPS) is 12.9. The van der Waals surface area contributed by atoms with Crippen LogP contribution in [0.1, 0.15) is 52.1 Å². The van der Waals surface area contributed by atoms with Crippen LogP contribution in [0.5, 0.6) is 5.75 Å². The van der Waals surface area contributed by atoms with Crippen LogP contribution in [0.3, 0.4) is 0 Å². The molecule has 0 aliphatic heterocycles. The largest absolute Gasteiger partial charge is 0.507 e. The van der Waals surface area contributed by atoms with Gasteiger partial charge in [0.05, 0.1) is 33.6 Å². The molecule has 1 unspecified atom stereocenters. The van der Waals surface area contributed by atoms with Crippen LogP contribution in [0.25, 0.3) is 0 Å². The minimum Gasteiger partial charge on any atom is -0.507 e. The summed E-state index contributed by atoms with van der Waals surface area (Å²) in [5, 5.41) is 20.7. The van der Waals surface area contributed by atoms with Crippen LogP contribution in [0.4, 0.5) is 28.4 Å². The molecule has 6 heteroatoms. The molecule has 180 valence electrons. The Morgan fingerprint density at radius 1 is 0.639 bits per heavy atom. The third-order valence-electron chi connectivity index (χ3n) is 6.42. The molecule has 1 atom stereocenters. The first-order valence-corrected chi connectivity index (χ1v) is 12.0. The average Bonchev–Trinajstić information content (AvgIpc) is 2.90. The summed E-state index contributed by atoms with van der Waals surface area (Å²) in [5.74, 6) is -0.944. The second-order valence-corrected chi connectivity index (χ2v) is 8.89. The lowest BCUT2D eigenvalue weighted by Gasteiger charge is -2.27. The van der Waals surface area contributed by atoms with Gasteiger partial charge in [0, 0.05) is 23.1 Å². The Morgan fingerprint density at radius 2 is 1.08 bits per heavy atom. The van der Waals surface area contributed by atoms with Crippen molar-refractivity contribution in [1.29, 1.82) is 0 Å². The van der Waals surface area contributed by atoms with Crippen molar-refractivity contribution < 1.29 is 14.7 Å². The number of rotatable bonds is 7. The number of hydrogen-bond acceptors (Lipinski definition) is 6. The maximum absolute atomic E-state index is 14.2. The van der Waals surface area contributed by atoms with E-state index in [1.165, 1.54) is 6.07 Å². The van der Waals surface area contributed by atoms with Crippen LogP contribution < -0.4 is 16.0 Å². The van der Waals surface area contributed by atoms with Crippen molar-refractivity contribution in [2.75, 3.05) is 16.0 Å². The predicted octanol–water partition coefficient (Wildman–Crippen LogP) is 6.87. The van der Waals surface area contributed by atoms with E-state index in [0.29, 0.717) is 17.1 Å². The molecule has 0 aromatic heterocycles. The number of para-hydroxylation sites is 2. The lowest BCUT2D eigenvalue weighted by Crippen LogP contribution is -2.26. The first-order valence-electron chi connectivity index (χ1n) is 12.0. The molecule has 0 fully saturated rings. The number of nitrogens with one attached hydrogen (secondary N) is 3. The molecule has 1 aliphatic rings. The molecular formula is C30H27N3O3. The zero-order valence-electron chi connectivity index (χ0n) is 20.1. The molecule has 6 nitrogen and oxygen atoms in total. The molecule has 0 saturated carbocycles. The highest BCUT2D eigenvalue weighted by molar-refractivity contribution is 6.34. The number of hydrogen-bond donors (Lipinski definition) is 4. The molecule has 0 amide bonds. The summed E-state index contributed by atoms with van der Waals surface area (Å²) in [6, 6.07) is 25.7. The second kappa shape index (κ2) is 9.58. The van der Waals surface area contributed by atoms with Crippen LogP contribution in [0, 0.1) is 0 Å². The lowest BCUT2D eigenvalue weighted by molar-refractivity contribution is 0.0978. The van der Waals surface area contributed by atoms with Gasteiger partial charge in [-0.05, 0) is 61.9 Å². The summed E-state index contributed by atoms with van der Waals surface area (Å²) in [7, 11) is 0. The predicted molar refractivity (Wildman–Crippen MR) is 144 cm³/mol. The van der Waals surface area contributed by atoms with Gasteiger partial charge in [-0.2, -0.15) is 0 Å². The molecule has 4 aromatic carbocycles. The summed E-state index contributed by atoms with van der Waals surface area (Å²) in [6.45, 7) is 4.07. The number of phenols is 1. The van der Waals surface area contributed by atoms with Crippen molar-refractivity contribution in [1.82, 2.24) is 0 Å². The summed E-state index contributed by atoms with van der Waals surface area (Å²) < 4.78 is 0. The minimum atomic E-state index is -0.392. The first kappa shape index (κ1) is 23.2. The maximum Gasteiger partial charge on any atom is 0.200 e. The average molecular weight is 478 g/mol. The SMILES string of the molecule is CCC(C)Nc1ccc(Nc2ccccc2)c2c1C(=O)c1c(O)ccc(Nc3ccccc3)c1C2=O. The van der Waals surface area contributed by atoms with E-state index in [-0.39, 0.29) is 39.8 Å². The van der Waals surface area contributed by atoms with Gasteiger partial charge in [-0.3, -0.25) is 9.59 Å². The van der Waals surface area contributed by atoms with Crippen molar-refractivity contribution in [3.63, 3.8) is 0 Å². The third kappa shape index (κ3) is 4.18. The molecule has 0 radical (unpaired) electrons. The quantitative estimate of drug-likeness (QED) is 0.191. The maximum atomic E-state index is 14.2. The van der Waals surface area contributed by atoms with E-state index in [9.17, 15) is 14.7 Å². The minimum absolute atomic E-state index is 0.0116. The zero-order chi connectivity index (χ0) is 25.2. The van der Waals surface area contributed by atoms with Gasteiger partial charge in [-0.15, -0.1) is 0 Å². The topological polar surface area (TPSA) is 90.5 Å². The number of carbonyl (C=O) groups is 2. The molecule has 0 saturated heterocycles. The number of benzene rings is 4. The molecule has 0 spiro atoms. The van der Waals surface area contributed by atoms with Gasteiger partial charge in [0.15, 0.2) is 11.6 Å². The number of anilines is 5. The fourth-order valence-electron chi connectivity index (χ4n) is 4.43. The Kier molecular flexibility index (Phi) is 6.17. The molecular weight excluding hydrogens is 450 g/mol. The van der Waals surface area contributed by atoms with Crippen molar-refractivity contribution in [2.45, 2.75) is 26.3 Å². The Hall–Kier alpha value is -4.58. The van der Waals surface area contributed by atoms with Gasteiger partial charge in [-0.1, -0.05) is 43.3 Å². The Balaban J connectivity index is 1.70. The number of fused-ring (bicyclic) bond motifs is 2. The molecule has 0 bridgehead atoms. The monoisotopic (exact) mass is 477 g/mol. The van der Waals surface area contributed by atoms with Gasteiger partial charge >= 0.3 is 0 Å². The van der Waals surface area contributed by atoms with Crippen molar-refractivity contribution in [3.05, 3.63) is 107 Å². The summed E-state index contributed by atoms with van der Waals surface area (Å²) in [5.41, 5.74) is 3.85. The molecule has 36 heavy (non-hydrogen) atoms. The van der Waals surface area contributed by atoms with E-state index in [0.717, 1.165) is 17.8 Å². The van der Waals surface area contributed by atoms with Gasteiger partial charge in [0.2, 0.25) is 0 Å². The van der Waals surface area contributed by atoms with Crippen LogP contribution in [0.2, 0.25) is 0 Å². The number of ketones is 2. The van der Waals surface area contributed by atoms with Crippen LogP contribution in [-0.4, -0.2) is 22.7 Å². The Morgan fingerprint density at radius 3 is 1.64 bits per heavy atom. The standard InChI is InChI=1S/C30H27N3O3/c1-3-18(2)31-21-14-15-22(32-19-10-6-4-7-11-19)26-25(21)30(36)28-24(34)17-16-23(27(28)29(26)35)33-20-12-8-5-9-13-20/h4-18,31-34H,3H2,1-2H3. The van der Waals surface area contributed by atoms with Gasteiger partial charge < -0.3 is 21.1 Å². The second-order valence-electron chi connectivity index (χ2n) is 8.89. The zero-order valence-corrected chi connectivity index (χ0v) is 20.1. The fraction of sp³-hybridized carbons (Fsp3) is 0.133. The van der Waals surface area contributed by atoms with Gasteiger partial charge in [0.25, 0.3) is 0 Å². The van der Waals surface area contributed by atoms with E-state index in [2.05, 4.69) is 16.0 Å². The first-order chi connectivity index (χ1) is 17.5. The van der Waals surface area contributed by atoms with Crippen LogP contribution in [-0.2, 0) is 0 Å². The van der Waals surface area contributed by atoms with E-state index < -0.39 is 5.78 Å². The Labute approximate surface area is 210 Å². The lowest BCUT2D eigenvalue weighted by atomic mass is 9.80. The molecule has 0 heterocycles. The van der Waals surface area contributed by atoms with E-state index in [4.69, 9.17) is 0 Å². The number of phenolic OH excluding ortho intramolecular Hbond substituents is 1. The highest BCUT2D eigenvalue weighted by Gasteiger charge is 2.38. The van der Waals surface area contributed by atoms with Crippen molar-refractivity contribution in [3.8, 4) is 5.75 Å². The number of aromatic hydroxyl groups is 1. The third-order valence-corrected chi connectivity index (χ3v) is 6.42. The summed E-state index contributed by atoms with van der Waals surface area (Å²) in [6.07, 6.45) is 0.841. The van der Waals surface area contributed by atoms with Crippen molar-refractivity contribution >= 4 is 40.0 Å². The van der Waals surface area contributed by atoms with E-state index >= 15 is 0 Å². The highest BCUT2D eigenvalue weighted by atomic mass is 16.3. The Bertz CT molecular complexity index is 1450. The smallest absolute Gasteiger partial charge is 0.200 e. The van der Waals surface area contributed by atoms with Gasteiger partial charge in [-0.25, -0.2) is 0 Å². The summed E-state index contributed by atoms with van der Waals surface area (Å²) in [4.78, 5) is 28.1. The molecule has 4 N–H and O–H groups in total. The summed E-state index contributed by atoms with van der Waals surface area (Å²) >= 11 is 0.